The molecule has 0 spiro atoms. The van der Waals surface area contributed by atoms with E-state index in [0.717, 1.165) is 22.3 Å². The van der Waals surface area contributed by atoms with Crippen molar-refractivity contribution in [3.05, 3.63) is 66.4 Å². The molecule has 0 aliphatic rings. The number of anilines is 2. The third-order valence-corrected chi connectivity index (χ3v) is 3.36. The zero-order valence-corrected chi connectivity index (χ0v) is 11.1. The maximum Gasteiger partial charge on any atom is 0.140 e. The zero-order valence-electron chi connectivity index (χ0n) is 11.1. The van der Waals surface area contributed by atoms with Crippen molar-refractivity contribution in [1.29, 1.82) is 5.26 Å². The molecule has 0 N–H and O–H groups in total. The van der Waals surface area contributed by atoms with Crippen LogP contribution in [0.15, 0.2) is 60.8 Å². The van der Waals surface area contributed by atoms with E-state index in [1.807, 2.05) is 60.5 Å². The first-order valence-electron chi connectivity index (χ1n) is 6.38. The molecule has 20 heavy (non-hydrogen) atoms. The van der Waals surface area contributed by atoms with Gasteiger partial charge in [-0.25, -0.2) is 4.98 Å². The van der Waals surface area contributed by atoms with Crippen LogP contribution in [0.1, 0.15) is 5.56 Å². The van der Waals surface area contributed by atoms with Gasteiger partial charge in [-0.05, 0) is 23.6 Å². The van der Waals surface area contributed by atoms with E-state index < -0.39 is 0 Å². The van der Waals surface area contributed by atoms with Gasteiger partial charge in [0, 0.05) is 18.6 Å². The van der Waals surface area contributed by atoms with Gasteiger partial charge >= 0.3 is 0 Å². The summed E-state index contributed by atoms with van der Waals surface area (Å²) in [6.45, 7) is 0. The fourth-order valence-electron chi connectivity index (χ4n) is 2.35. The molecule has 0 saturated heterocycles. The summed E-state index contributed by atoms with van der Waals surface area (Å²) in [5.41, 5.74) is 1.50. The Morgan fingerprint density at radius 3 is 2.60 bits per heavy atom. The Morgan fingerprint density at radius 1 is 1.00 bits per heavy atom. The lowest BCUT2D eigenvalue weighted by Gasteiger charge is -2.21. The van der Waals surface area contributed by atoms with Crippen molar-refractivity contribution in [1.82, 2.24) is 4.98 Å². The van der Waals surface area contributed by atoms with Gasteiger partial charge < -0.3 is 4.90 Å². The van der Waals surface area contributed by atoms with Gasteiger partial charge in [0.25, 0.3) is 0 Å². The molecule has 0 saturated carbocycles. The highest BCUT2D eigenvalue weighted by Crippen LogP contribution is 2.30. The molecule has 0 bridgehead atoms. The molecular weight excluding hydrogens is 246 g/mol. The van der Waals surface area contributed by atoms with Crippen LogP contribution < -0.4 is 4.90 Å². The Balaban J connectivity index is 2.18. The first-order chi connectivity index (χ1) is 9.81. The number of para-hydroxylation sites is 1. The summed E-state index contributed by atoms with van der Waals surface area (Å²) in [7, 11) is 1.94. The Morgan fingerprint density at radius 2 is 1.75 bits per heavy atom. The van der Waals surface area contributed by atoms with Crippen molar-refractivity contribution in [3.63, 3.8) is 0 Å². The molecule has 2 aromatic carbocycles. The number of rotatable bonds is 2. The summed E-state index contributed by atoms with van der Waals surface area (Å²) in [5.74, 6) is 0.853. The average molecular weight is 259 g/mol. The van der Waals surface area contributed by atoms with E-state index in [2.05, 4.69) is 17.1 Å². The molecule has 0 fully saturated rings. The molecule has 0 aliphatic carbocycles. The van der Waals surface area contributed by atoms with Gasteiger partial charge in [0.2, 0.25) is 0 Å². The zero-order chi connectivity index (χ0) is 13.9. The van der Waals surface area contributed by atoms with Crippen LogP contribution in [-0.2, 0) is 0 Å². The highest BCUT2D eigenvalue weighted by Gasteiger charge is 2.12. The summed E-state index contributed by atoms with van der Waals surface area (Å²) >= 11 is 0. The van der Waals surface area contributed by atoms with Crippen LogP contribution >= 0.6 is 0 Å². The summed E-state index contributed by atoms with van der Waals surface area (Å²) in [4.78, 5) is 6.43. The fraction of sp³-hybridized carbons (Fsp3) is 0.0588. The highest BCUT2D eigenvalue weighted by molar-refractivity contribution is 5.94. The number of nitriles is 1. The number of hydrogen-bond acceptors (Lipinski definition) is 3. The first-order valence-corrected chi connectivity index (χ1v) is 6.38. The number of pyridine rings is 1. The second kappa shape index (κ2) is 5.02. The molecule has 3 heteroatoms. The summed E-state index contributed by atoms with van der Waals surface area (Å²) in [6.07, 6.45) is 1.79. The SMILES string of the molecule is CN(c1ccccc1C#N)c1nccc2ccccc12. The quantitative estimate of drug-likeness (QED) is 0.701. The normalized spacial score (nSPS) is 10.2. The van der Waals surface area contributed by atoms with Crippen molar-refractivity contribution < 1.29 is 0 Å². The first kappa shape index (κ1) is 12.2. The van der Waals surface area contributed by atoms with E-state index in [4.69, 9.17) is 0 Å². The van der Waals surface area contributed by atoms with Crippen LogP contribution in [0.25, 0.3) is 10.8 Å². The molecular formula is C17H13N3. The van der Waals surface area contributed by atoms with Gasteiger partial charge in [-0.2, -0.15) is 5.26 Å². The van der Waals surface area contributed by atoms with Crippen molar-refractivity contribution >= 4 is 22.3 Å². The molecule has 0 amide bonds. The minimum absolute atomic E-state index is 0.643. The lowest BCUT2D eigenvalue weighted by Crippen LogP contribution is -2.12. The van der Waals surface area contributed by atoms with E-state index in [1.165, 1.54) is 0 Å². The van der Waals surface area contributed by atoms with Crippen LogP contribution in [-0.4, -0.2) is 12.0 Å². The second-order valence-electron chi connectivity index (χ2n) is 4.54. The lowest BCUT2D eigenvalue weighted by molar-refractivity contribution is 1.14. The standard InChI is InChI=1S/C17H13N3/c1-20(16-9-5-3-7-14(16)12-18)17-15-8-4-2-6-13(15)10-11-19-17/h2-11H,1H3. The molecule has 1 heterocycles. The second-order valence-corrected chi connectivity index (χ2v) is 4.54. The largest absolute Gasteiger partial charge is 0.328 e. The molecule has 3 nitrogen and oxygen atoms in total. The molecule has 3 rings (SSSR count). The average Bonchev–Trinajstić information content (AvgIpc) is 2.53. The highest BCUT2D eigenvalue weighted by atomic mass is 15.2. The molecule has 96 valence electrons. The number of fused-ring (bicyclic) bond motifs is 1. The van der Waals surface area contributed by atoms with Crippen LogP contribution in [0.5, 0.6) is 0 Å². The minimum atomic E-state index is 0.643. The number of aromatic nitrogens is 1. The van der Waals surface area contributed by atoms with E-state index in [0.29, 0.717) is 5.56 Å². The minimum Gasteiger partial charge on any atom is -0.328 e. The van der Waals surface area contributed by atoms with Crippen LogP contribution in [0, 0.1) is 11.3 Å². The molecule has 3 aromatic rings. The summed E-state index contributed by atoms with van der Waals surface area (Å²) in [5, 5.41) is 11.4. The van der Waals surface area contributed by atoms with Gasteiger partial charge in [-0.15, -0.1) is 0 Å². The molecule has 1 aromatic heterocycles. The van der Waals surface area contributed by atoms with E-state index >= 15 is 0 Å². The van der Waals surface area contributed by atoms with Crippen molar-refractivity contribution in [2.75, 3.05) is 11.9 Å². The van der Waals surface area contributed by atoms with Crippen LogP contribution in [0.3, 0.4) is 0 Å². The Hall–Kier alpha value is -2.86. The van der Waals surface area contributed by atoms with Gasteiger partial charge in [0.1, 0.15) is 11.9 Å². The summed E-state index contributed by atoms with van der Waals surface area (Å²) < 4.78 is 0. The Kier molecular flexibility index (Phi) is 3.06. The number of nitrogens with zero attached hydrogens (tertiary/aromatic N) is 3. The Bertz CT molecular complexity index is 797. The van der Waals surface area contributed by atoms with Gasteiger partial charge in [-0.1, -0.05) is 36.4 Å². The van der Waals surface area contributed by atoms with Gasteiger partial charge in [0.05, 0.1) is 11.3 Å². The van der Waals surface area contributed by atoms with E-state index in [9.17, 15) is 5.26 Å². The topological polar surface area (TPSA) is 39.9 Å². The predicted octanol–water partition coefficient (Wildman–Crippen LogP) is 3.87. The fourth-order valence-corrected chi connectivity index (χ4v) is 2.35. The predicted molar refractivity (Wildman–Crippen MR) is 81.0 cm³/mol. The lowest BCUT2D eigenvalue weighted by atomic mass is 10.1. The van der Waals surface area contributed by atoms with Crippen molar-refractivity contribution in [2.45, 2.75) is 0 Å². The van der Waals surface area contributed by atoms with Crippen molar-refractivity contribution in [3.8, 4) is 6.07 Å². The number of hydrogen-bond donors (Lipinski definition) is 0. The maximum atomic E-state index is 9.23. The van der Waals surface area contributed by atoms with Gasteiger partial charge in [-0.3, -0.25) is 0 Å². The monoisotopic (exact) mass is 259 g/mol. The van der Waals surface area contributed by atoms with Gasteiger partial charge in [0.15, 0.2) is 0 Å². The van der Waals surface area contributed by atoms with Crippen LogP contribution in [0.2, 0.25) is 0 Å². The van der Waals surface area contributed by atoms with E-state index in [1.54, 1.807) is 6.20 Å². The Labute approximate surface area is 117 Å². The van der Waals surface area contributed by atoms with Crippen LogP contribution in [0.4, 0.5) is 11.5 Å². The third kappa shape index (κ3) is 1.98. The maximum absolute atomic E-state index is 9.23. The van der Waals surface area contributed by atoms with E-state index in [-0.39, 0.29) is 0 Å². The van der Waals surface area contributed by atoms with Crippen molar-refractivity contribution in [2.24, 2.45) is 0 Å². The number of benzene rings is 2. The third-order valence-electron chi connectivity index (χ3n) is 3.36. The molecule has 0 atom stereocenters. The molecule has 0 unspecified atom stereocenters. The smallest absolute Gasteiger partial charge is 0.140 e. The molecule has 0 radical (unpaired) electrons. The summed E-state index contributed by atoms with van der Waals surface area (Å²) in [6, 6.07) is 19.9. The molecule has 0 aliphatic heterocycles.